The number of ether oxygens (including phenoxy) is 1. The summed E-state index contributed by atoms with van der Waals surface area (Å²) in [5.74, 6) is 0.864. The number of morpholine rings is 1. The predicted octanol–water partition coefficient (Wildman–Crippen LogP) is 1.22. The molecule has 1 unspecified atom stereocenters. The van der Waals surface area contributed by atoms with Gasteiger partial charge >= 0.3 is 0 Å². The molecule has 0 aromatic heterocycles. The Kier molecular flexibility index (Phi) is 4.00. The fraction of sp³-hybridized carbons (Fsp3) is 1.00. The normalized spacial score (nSPS) is 36.4. The Bertz CT molecular complexity index is 184. The zero-order chi connectivity index (χ0) is 10.7. The summed E-state index contributed by atoms with van der Waals surface area (Å²) >= 11 is 0. The molecule has 15 heavy (non-hydrogen) atoms. The SMILES string of the molecule is CC(C1CCC(N)CC1)N1CCOCC1. The molecule has 1 saturated heterocycles. The van der Waals surface area contributed by atoms with Gasteiger partial charge in [-0.1, -0.05) is 0 Å². The van der Waals surface area contributed by atoms with Crippen LogP contribution >= 0.6 is 0 Å². The largest absolute Gasteiger partial charge is 0.379 e. The monoisotopic (exact) mass is 212 g/mol. The molecule has 3 heteroatoms. The topological polar surface area (TPSA) is 38.5 Å². The Morgan fingerprint density at radius 3 is 2.33 bits per heavy atom. The minimum atomic E-state index is 0.470. The molecule has 0 bridgehead atoms. The van der Waals surface area contributed by atoms with E-state index in [9.17, 15) is 0 Å². The van der Waals surface area contributed by atoms with E-state index in [1.165, 1.54) is 25.7 Å². The molecule has 2 N–H and O–H groups in total. The van der Waals surface area contributed by atoms with Crippen LogP contribution in [0.25, 0.3) is 0 Å². The van der Waals surface area contributed by atoms with Crippen LogP contribution in [0.1, 0.15) is 32.6 Å². The first-order chi connectivity index (χ1) is 7.27. The molecule has 0 aromatic rings. The van der Waals surface area contributed by atoms with Crippen molar-refractivity contribution in [2.75, 3.05) is 26.3 Å². The Morgan fingerprint density at radius 2 is 1.73 bits per heavy atom. The van der Waals surface area contributed by atoms with E-state index in [4.69, 9.17) is 10.5 Å². The molecule has 1 atom stereocenters. The molecule has 2 fully saturated rings. The number of hydrogen-bond acceptors (Lipinski definition) is 3. The van der Waals surface area contributed by atoms with Gasteiger partial charge in [0.05, 0.1) is 13.2 Å². The fourth-order valence-electron chi connectivity index (χ4n) is 2.91. The Labute approximate surface area is 93.0 Å². The maximum Gasteiger partial charge on any atom is 0.0594 e. The van der Waals surface area contributed by atoms with E-state index in [-0.39, 0.29) is 0 Å². The quantitative estimate of drug-likeness (QED) is 0.748. The molecule has 0 radical (unpaired) electrons. The van der Waals surface area contributed by atoms with Gasteiger partial charge in [0.25, 0.3) is 0 Å². The molecule has 1 saturated carbocycles. The summed E-state index contributed by atoms with van der Waals surface area (Å²) < 4.78 is 5.39. The number of hydrogen-bond donors (Lipinski definition) is 1. The third-order valence-corrected chi connectivity index (χ3v) is 4.12. The second-order valence-electron chi connectivity index (χ2n) is 5.06. The van der Waals surface area contributed by atoms with Crippen molar-refractivity contribution in [3.05, 3.63) is 0 Å². The van der Waals surface area contributed by atoms with Gasteiger partial charge in [0.15, 0.2) is 0 Å². The Balaban J connectivity index is 1.81. The van der Waals surface area contributed by atoms with Crippen molar-refractivity contribution in [2.24, 2.45) is 11.7 Å². The van der Waals surface area contributed by atoms with Crippen LogP contribution in [0, 0.1) is 5.92 Å². The molecule has 0 amide bonds. The fourth-order valence-corrected chi connectivity index (χ4v) is 2.91. The lowest BCUT2D eigenvalue weighted by molar-refractivity contribution is 0.00228. The highest BCUT2D eigenvalue weighted by Gasteiger charge is 2.28. The zero-order valence-corrected chi connectivity index (χ0v) is 9.82. The summed E-state index contributed by atoms with van der Waals surface area (Å²) in [5.41, 5.74) is 5.94. The van der Waals surface area contributed by atoms with Crippen LogP contribution in [0.5, 0.6) is 0 Å². The van der Waals surface area contributed by atoms with Gasteiger partial charge in [-0.3, -0.25) is 4.90 Å². The van der Waals surface area contributed by atoms with Gasteiger partial charge in [0, 0.05) is 25.2 Å². The van der Waals surface area contributed by atoms with Crippen LogP contribution in [-0.2, 0) is 4.74 Å². The standard InChI is InChI=1S/C12H24N2O/c1-10(14-6-8-15-9-7-14)11-2-4-12(13)5-3-11/h10-12H,2-9,13H2,1H3. The molecule has 0 spiro atoms. The van der Waals surface area contributed by atoms with Gasteiger partial charge in [-0.2, -0.15) is 0 Å². The second kappa shape index (κ2) is 5.28. The summed E-state index contributed by atoms with van der Waals surface area (Å²) in [4.78, 5) is 2.59. The molecule has 2 rings (SSSR count). The average Bonchev–Trinajstić information content (AvgIpc) is 2.30. The maximum absolute atomic E-state index is 5.94. The Morgan fingerprint density at radius 1 is 1.13 bits per heavy atom. The van der Waals surface area contributed by atoms with Crippen molar-refractivity contribution in [2.45, 2.75) is 44.7 Å². The third-order valence-electron chi connectivity index (χ3n) is 4.12. The predicted molar refractivity (Wildman–Crippen MR) is 61.8 cm³/mol. The number of rotatable bonds is 2. The highest BCUT2D eigenvalue weighted by atomic mass is 16.5. The summed E-state index contributed by atoms with van der Waals surface area (Å²) in [5, 5.41) is 0. The summed E-state index contributed by atoms with van der Waals surface area (Å²) in [6, 6.07) is 1.19. The molecule has 3 nitrogen and oxygen atoms in total. The average molecular weight is 212 g/mol. The first kappa shape index (κ1) is 11.4. The summed E-state index contributed by atoms with van der Waals surface area (Å²) in [6.07, 6.45) is 5.08. The maximum atomic E-state index is 5.94. The van der Waals surface area contributed by atoms with E-state index < -0.39 is 0 Å². The minimum absolute atomic E-state index is 0.470. The molecule has 1 heterocycles. The van der Waals surface area contributed by atoms with E-state index in [2.05, 4.69) is 11.8 Å². The van der Waals surface area contributed by atoms with E-state index in [1.54, 1.807) is 0 Å². The van der Waals surface area contributed by atoms with E-state index in [1.807, 2.05) is 0 Å². The van der Waals surface area contributed by atoms with Crippen LogP contribution in [0.4, 0.5) is 0 Å². The minimum Gasteiger partial charge on any atom is -0.379 e. The van der Waals surface area contributed by atoms with Crippen LogP contribution in [-0.4, -0.2) is 43.3 Å². The third kappa shape index (κ3) is 2.92. The van der Waals surface area contributed by atoms with Crippen LogP contribution in [0.2, 0.25) is 0 Å². The van der Waals surface area contributed by atoms with Gasteiger partial charge < -0.3 is 10.5 Å². The van der Waals surface area contributed by atoms with E-state index >= 15 is 0 Å². The first-order valence-electron chi connectivity index (χ1n) is 6.35. The highest BCUT2D eigenvalue weighted by molar-refractivity contribution is 4.83. The molecule has 1 aliphatic carbocycles. The lowest BCUT2D eigenvalue weighted by Gasteiger charge is -2.39. The van der Waals surface area contributed by atoms with Gasteiger partial charge in [-0.25, -0.2) is 0 Å². The highest BCUT2D eigenvalue weighted by Crippen LogP contribution is 2.28. The van der Waals surface area contributed by atoms with Crippen molar-refractivity contribution in [1.29, 1.82) is 0 Å². The second-order valence-corrected chi connectivity index (χ2v) is 5.06. The van der Waals surface area contributed by atoms with Crippen molar-refractivity contribution < 1.29 is 4.74 Å². The first-order valence-corrected chi connectivity index (χ1v) is 6.35. The summed E-state index contributed by atoms with van der Waals surface area (Å²) in [6.45, 7) is 6.44. The van der Waals surface area contributed by atoms with Crippen LogP contribution in [0.15, 0.2) is 0 Å². The van der Waals surface area contributed by atoms with E-state index in [0.29, 0.717) is 6.04 Å². The molecule has 88 valence electrons. The smallest absolute Gasteiger partial charge is 0.0594 e. The molecule has 0 aromatic carbocycles. The van der Waals surface area contributed by atoms with Crippen molar-refractivity contribution in [3.8, 4) is 0 Å². The molecular formula is C12H24N2O. The van der Waals surface area contributed by atoms with E-state index in [0.717, 1.165) is 38.3 Å². The molecule has 1 aliphatic heterocycles. The zero-order valence-electron chi connectivity index (χ0n) is 9.82. The molecular weight excluding hydrogens is 188 g/mol. The number of nitrogens with two attached hydrogens (primary N) is 1. The van der Waals surface area contributed by atoms with Crippen molar-refractivity contribution in [3.63, 3.8) is 0 Å². The van der Waals surface area contributed by atoms with Crippen molar-refractivity contribution in [1.82, 2.24) is 4.90 Å². The van der Waals surface area contributed by atoms with Gasteiger partial charge in [0.2, 0.25) is 0 Å². The van der Waals surface area contributed by atoms with Crippen molar-refractivity contribution >= 4 is 0 Å². The van der Waals surface area contributed by atoms with Gasteiger partial charge in [0.1, 0.15) is 0 Å². The number of nitrogens with zero attached hydrogens (tertiary/aromatic N) is 1. The van der Waals surface area contributed by atoms with Crippen LogP contribution in [0.3, 0.4) is 0 Å². The lowest BCUT2D eigenvalue weighted by atomic mass is 9.82. The lowest BCUT2D eigenvalue weighted by Crippen LogP contribution is -2.46. The Hall–Kier alpha value is -0.120. The van der Waals surface area contributed by atoms with Gasteiger partial charge in [-0.15, -0.1) is 0 Å². The van der Waals surface area contributed by atoms with Crippen LogP contribution < -0.4 is 5.73 Å². The van der Waals surface area contributed by atoms with Gasteiger partial charge in [-0.05, 0) is 38.5 Å². The molecule has 2 aliphatic rings. The summed E-state index contributed by atoms with van der Waals surface area (Å²) in [7, 11) is 0.